The van der Waals surface area contributed by atoms with Crippen molar-refractivity contribution in [3.8, 4) is 0 Å². The number of nitrogens with zero attached hydrogens (tertiary/aromatic N) is 2. The highest BCUT2D eigenvalue weighted by molar-refractivity contribution is 7.91. The minimum absolute atomic E-state index is 0.226. The van der Waals surface area contributed by atoms with Crippen LogP contribution >= 0.6 is 0 Å². The number of carbonyl (C=O) groups is 2. The monoisotopic (exact) mass is 501 g/mol. The first-order chi connectivity index (χ1) is 15.5. The Hall–Kier alpha value is -2.64. The van der Waals surface area contributed by atoms with Gasteiger partial charge in [0.05, 0.1) is 25.4 Å². The zero-order valence-corrected chi connectivity index (χ0v) is 20.2. The standard InChI is InChI=1S/C20H27N3O8S2/c1-30-19(24)16-17(20(25)31-2)22(32(3,26)27)23(18(16)21-14-10-6-4-7-11-14)33(28,29)15-12-8-5-9-13-15/h5,8-9,12-14,17,21H,4,6-7,10-11H2,1-3H3. The van der Waals surface area contributed by atoms with Gasteiger partial charge in [-0.15, -0.1) is 0 Å². The van der Waals surface area contributed by atoms with Crippen molar-refractivity contribution in [1.82, 2.24) is 14.1 Å². The fourth-order valence-corrected chi connectivity index (χ4v) is 6.95. The van der Waals surface area contributed by atoms with Crippen molar-refractivity contribution < 1.29 is 35.9 Å². The third-order valence-electron chi connectivity index (χ3n) is 5.50. The molecule has 2 aliphatic rings. The fourth-order valence-electron chi connectivity index (χ4n) is 4.00. The van der Waals surface area contributed by atoms with Crippen LogP contribution in [0.2, 0.25) is 0 Å². The Bertz CT molecular complexity index is 1140. The van der Waals surface area contributed by atoms with E-state index in [0.717, 1.165) is 39.7 Å². The van der Waals surface area contributed by atoms with Gasteiger partial charge in [0.1, 0.15) is 11.4 Å². The van der Waals surface area contributed by atoms with Gasteiger partial charge in [-0.05, 0) is 25.0 Å². The van der Waals surface area contributed by atoms with Gasteiger partial charge in [-0.2, -0.15) is 12.8 Å². The predicted octanol–water partition coefficient (Wildman–Crippen LogP) is 0.716. The number of hydrazine groups is 1. The lowest BCUT2D eigenvalue weighted by atomic mass is 9.95. The smallest absolute Gasteiger partial charge is 0.339 e. The molecule has 33 heavy (non-hydrogen) atoms. The Balaban J connectivity index is 2.30. The van der Waals surface area contributed by atoms with E-state index in [9.17, 15) is 26.4 Å². The molecule has 1 aromatic rings. The summed E-state index contributed by atoms with van der Waals surface area (Å²) in [5, 5.41) is 3.03. The Morgan fingerprint density at radius 3 is 2.09 bits per heavy atom. The van der Waals surface area contributed by atoms with E-state index in [0.29, 0.717) is 21.7 Å². The Labute approximate surface area is 193 Å². The van der Waals surface area contributed by atoms with Crippen LogP contribution in [0, 0.1) is 0 Å². The molecule has 182 valence electrons. The molecule has 1 fully saturated rings. The third kappa shape index (κ3) is 4.84. The number of ether oxygens (including phenoxy) is 2. The molecule has 0 spiro atoms. The lowest BCUT2D eigenvalue weighted by Gasteiger charge is -2.33. The van der Waals surface area contributed by atoms with E-state index in [1.165, 1.54) is 24.3 Å². The van der Waals surface area contributed by atoms with Gasteiger partial charge in [-0.25, -0.2) is 18.0 Å². The van der Waals surface area contributed by atoms with Crippen LogP contribution in [0.4, 0.5) is 0 Å². The first kappa shape index (κ1) is 25.0. The van der Waals surface area contributed by atoms with E-state index < -0.39 is 43.6 Å². The maximum atomic E-state index is 13.7. The van der Waals surface area contributed by atoms with Crippen molar-refractivity contribution in [1.29, 1.82) is 0 Å². The maximum Gasteiger partial charge on any atom is 0.339 e. The van der Waals surface area contributed by atoms with Crippen molar-refractivity contribution in [2.75, 3.05) is 20.5 Å². The quantitative estimate of drug-likeness (QED) is 0.535. The Morgan fingerprint density at radius 2 is 1.58 bits per heavy atom. The highest BCUT2D eigenvalue weighted by Gasteiger charge is 2.56. The van der Waals surface area contributed by atoms with Gasteiger partial charge in [0.15, 0.2) is 6.04 Å². The molecule has 0 aromatic heterocycles. The van der Waals surface area contributed by atoms with Crippen LogP contribution in [-0.2, 0) is 39.1 Å². The number of esters is 2. The molecule has 0 bridgehead atoms. The van der Waals surface area contributed by atoms with Gasteiger partial charge in [0, 0.05) is 6.04 Å². The lowest BCUT2D eigenvalue weighted by Crippen LogP contribution is -2.53. The summed E-state index contributed by atoms with van der Waals surface area (Å²) in [5.41, 5.74) is -0.458. The van der Waals surface area contributed by atoms with Crippen LogP contribution in [-0.4, -0.2) is 70.2 Å². The summed E-state index contributed by atoms with van der Waals surface area (Å²) in [7, 11) is -6.91. The van der Waals surface area contributed by atoms with E-state index in [2.05, 4.69) is 5.32 Å². The van der Waals surface area contributed by atoms with E-state index in [1.54, 1.807) is 6.07 Å². The van der Waals surface area contributed by atoms with Gasteiger partial charge in [-0.3, -0.25) is 0 Å². The zero-order valence-electron chi connectivity index (χ0n) is 18.6. The fraction of sp³-hybridized carbons (Fsp3) is 0.500. The highest BCUT2D eigenvalue weighted by Crippen LogP contribution is 2.37. The molecule has 0 saturated heterocycles. The summed E-state index contributed by atoms with van der Waals surface area (Å²) in [6, 6.07) is 5.01. The lowest BCUT2D eigenvalue weighted by molar-refractivity contribution is -0.147. The summed E-state index contributed by atoms with van der Waals surface area (Å²) in [5.74, 6) is -2.52. The average molecular weight is 502 g/mol. The summed E-state index contributed by atoms with van der Waals surface area (Å²) in [6.45, 7) is 0. The van der Waals surface area contributed by atoms with E-state index >= 15 is 0 Å². The Kier molecular flexibility index (Phi) is 7.34. The van der Waals surface area contributed by atoms with Crippen LogP contribution in [0.5, 0.6) is 0 Å². The number of methoxy groups -OCH3 is 2. The first-order valence-electron chi connectivity index (χ1n) is 10.3. The topological polar surface area (TPSA) is 139 Å². The molecule has 0 radical (unpaired) electrons. The van der Waals surface area contributed by atoms with Gasteiger partial charge >= 0.3 is 11.9 Å². The molecule has 1 heterocycles. The van der Waals surface area contributed by atoms with Crippen molar-refractivity contribution in [2.45, 2.75) is 49.1 Å². The second-order valence-corrected chi connectivity index (χ2v) is 11.4. The third-order valence-corrected chi connectivity index (χ3v) is 8.34. The van der Waals surface area contributed by atoms with Gasteiger partial charge in [0.25, 0.3) is 10.0 Å². The van der Waals surface area contributed by atoms with E-state index in [-0.39, 0.29) is 16.8 Å². The molecule has 1 aromatic carbocycles. The molecule has 1 aliphatic heterocycles. The number of nitrogens with one attached hydrogen (secondary N) is 1. The number of benzene rings is 1. The first-order valence-corrected chi connectivity index (χ1v) is 13.6. The highest BCUT2D eigenvalue weighted by atomic mass is 32.2. The molecule has 11 nitrogen and oxygen atoms in total. The molecule has 1 saturated carbocycles. The minimum atomic E-state index is -4.58. The van der Waals surface area contributed by atoms with Crippen molar-refractivity contribution in [3.05, 3.63) is 41.7 Å². The second kappa shape index (κ2) is 9.69. The number of hydrogen-bond acceptors (Lipinski definition) is 9. The van der Waals surface area contributed by atoms with Gasteiger partial charge in [0.2, 0.25) is 10.0 Å². The molecule has 1 unspecified atom stereocenters. The SMILES string of the molecule is COC(=O)C1=C(NC2CCCCC2)N(S(=O)(=O)c2ccccc2)N(S(C)(=O)=O)C1C(=O)OC. The van der Waals surface area contributed by atoms with Crippen LogP contribution in [0.25, 0.3) is 0 Å². The van der Waals surface area contributed by atoms with Gasteiger partial charge < -0.3 is 14.8 Å². The summed E-state index contributed by atoms with van der Waals surface area (Å²) in [6.07, 6.45) is 4.86. The summed E-state index contributed by atoms with van der Waals surface area (Å²) >= 11 is 0. The molecule has 1 atom stereocenters. The summed E-state index contributed by atoms with van der Waals surface area (Å²) < 4.78 is 63.5. The minimum Gasteiger partial charge on any atom is -0.468 e. The van der Waals surface area contributed by atoms with Crippen molar-refractivity contribution >= 4 is 32.0 Å². The molecular weight excluding hydrogens is 474 g/mol. The Morgan fingerprint density at radius 1 is 0.970 bits per heavy atom. The molecule has 3 rings (SSSR count). The molecular formula is C20H27N3O8S2. The average Bonchev–Trinajstić information content (AvgIpc) is 3.15. The van der Waals surface area contributed by atoms with Crippen LogP contribution in [0.3, 0.4) is 0 Å². The van der Waals surface area contributed by atoms with Crippen molar-refractivity contribution in [2.24, 2.45) is 0 Å². The predicted molar refractivity (Wildman–Crippen MR) is 117 cm³/mol. The summed E-state index contributed by atoms with van der Waals surface area (Å²) in [4.78, 5) is 25.3. The zero-order chi connectivity index (χ0) is 24.4. The largest absolute Gasteiger partial charge is 0.468 e. The van der Waals surface area contributed by atoms with Crippen LogP contribution in [0.15, 0.2) is 46.6 Å². The maximum absolute atomic E-state index is 13.7. The molecule has 1 aliphatic carbocycles. The molecule has 13 heteroatoms. The number of carbonyl (C=O) groups excluding carboxylic acids is 2. The molecule has 0 amide bonds. The van der Waals surface area contributed by atoms with E-state index in [4.69, 9.17) is 9.47 Å². The normalized spacial score (nSPS) is 20.6. The number of rotatable bonds is 7. The molecule has 1 N–H and O–H groups in total. The van der Waals surface area contributed by atoms with Gasteiger partial charge in [-0.1, -0.05) is 41.9 Å². The van der Waals surface area contributed by atoms with Crippen LogP contribution in [0.1, 0.15) is 32.1 Å². The second-order valence-electron chi connectivity index (χ2n) is 7.76. The van der Waals surface area contributed by atoms with E-state index in [1.807, 2.05) is 0 Å². The number of sulfonamides is 2. The van der Waals surface area contributed by atoms with Crippen LogP contribution < -0.4 is 5.32 Å². The van der Waals surface area contributed by atoms with Crippen molar-refractivity contribution in [3.63, 3.8) is 0 Å². The number of hydrogen-bond donors (Lipinski definition) is 1.